The molecule has 0 aromatic heterocycles. The van der Waals surface area contributed by atoms with Gasteiger partial charge in [-0.2, -0.15) is 0 Å². The van der Waals surface area contributed by atoms with Gasteiger partial charge in [-0.3, -0.25) is 0 Å². The summed E-state index contributed by atoms with van der Waals surface area (Å²) in [4.78, 5) is 0. The van der Waals surface area contributed by atoms with Crippen LogP contribution in [0.25, 0.3) is 0 Å². The van der Waals surface area contributed by atoms with Crippen LogP contribution in [0.5, 0.6) is 17.2 Å². The van der Waals surface area contributed by atoms with Gasteiger partial charge in [0.1, 0.15) is 17.2 Å². The fourth-order valence-electron chi connectivity index (χ4n) is 3.97. The highest BCUT2D eigenvalue weighted by Gasteiger charge is 2.46. The Morgan fingerprint density at radius 3 is 1.17 bits per heavy atom. The molecule has 144 valence electrons. The second kappa shape index (κ2) is 7.66. The molecule has 0 unspecified atom stereocenters. The summed E-state index contributed by atoms with van der Waals surface area (Å²) in [5, 5.41) is 36.2. The van der Waals surface area contributed by atoms with Crippen molar-refractivity contribution in [2.75, 3.05) is 0 Å². The Morgan fingerprint density at radius 2 is 0.828 bits per heavy atom. The Labute approximate surface area is 175 Å². The van der Waals surface area contributed by atoms with Crippen molar-refractivity contribution in [2.24, 2.45) is 0 Å². The fraction of sp³-hybridized carbons (Fsp3) is 0. The van der Waals surface area contributed by atoms with Crippen molar-refractivity contribution in [1.29, 1.82) is 0 Å². The second-order valence-corrected chi connectivity index (χ2v) is 10.9. The molecule has 29 heavy (non-hydrogen) atoms. The lowest BCUT2D eigenvalue weighted by Crippen LogP contribution is -2.74. The molecule has 0 heterocycles. The Bertz CT molecular complexity index is 1050. The van der Waals surface area contributed by atoms with Gasteiger partial charge in [-0.05, 0) is 51.1 Å². The molecule has 5 heteroatoms. The molecule has 0 radical (unpaired) electrons. The third-order valence-corrected chi connectivity index (χ3v) is 10.3. The van der Waals surface area contributed by atoms with E-state index in [0.29, 0.717) is 20.6 Å². The second-order valence-electron chi connectivity index (χ2n) is 6.81. The van der Waals surface area contributed by atoms with Gasteiger partial charge in [-0.1, -0.05) is 78.3 Å². The smallest absolute Gasteiger partial charge is 0.192 e. The molecular formula is C24H19ClO3Si. The number of halogens is 1. The predicted octanol–water partition coefficient (Wildman–Crippen LogP) is 2.83. The maximum atomic E-state index is 10.9. The maximum absolute atomic E-state index is 10.9. The van der Waals surface area contributed by atoms with E-state index in [1.165, 1.54) is 0 Å². The number of hydrogen-bond acceptors (Lipinski definition) is 3. The molecule has 4 rings (SSSR count). The number of para-hydroxylation sites is 3. The average Bonchev–Trinajstić information content (AvgIpc) is 2.73. The average molecular weight is 419 g/mol. The van der Waals surface area contributed by atoms with Gasteiger partial charge in [-0.25, -0.2) is 0 Å². The van der Waals surface area contributed by atoms with Crippen molar-refractivity contribution in [3.63, 3.8) is 0 Å². The Balaban J connectivity index is 2.23. The van der Waals surface area contributed by atoms with Crippen LogP contribution >= 0.6 is 11.6 Å². The zero-order valence-corrected chi connectivity index (χ0v) is 17.2. The zero-order valence-electron chi connectivity index (χ0n) is 15.5. The summed E-state index contributed by atoms with van der Waals surface area (Å²) in [5.41, 5.74) is 0. The quantitative estimate of drug-likeness (QED) is 0.353. The van der Waals surface area contributed by atoms with E-state index < -0.39 is 8.07 Å². The summed E-state index contributed by atoms with van der Waals surface area (Å²) in [7, 11) is -3.27. The van der Waals surface area contributed by atoms with E-state index in [0.717, 1.165) is 5.19 Å². The standard InChI is InChI=1S/C24H19ClO3Si/c25-17-13-15-18(16-14-17)29(22-10-4-1-7-19(22)26,23-11-5-2-8-20(23)27)24-12-6-3-9-21(24)28/h1-16,26-28H. The molecule has 0 bridgehead atoms. The van der Waals surface area contributed by atoms with Gasteiger partial charge >= 0.3 is 0 Å². The first kappa shape index (κ1) is 19.1. The number of aromatic hydroxyl groups is 3. The van der Waals surface area contributed by atoms with E-state index in [2.05, 4.69) is 0 Å². The monoisotopic (exact) mass is 418 g/mol. The first-order valence-electron chi connectivity index (χ1n) is 9.16. The lowest BCUT2D eigenvalue weighted by molar-refractivity contribution is 0.477. The van der Waals surface area contributed by atoms with Crippen LogP contribution in [0.1, 0.15) is 0 Å². The van der Waals surface area contributed by atoms with Gasteiger partial charge < -0.3 is 15.3 Å². The molecule has 3 N–H and O–H groups in total. The van der Waals surface area contributed by atoms with Crippen LogP contribution < -0.4 is 20.7 Å². The predicted molar refractivity (Wildman–Crippen MR) is 120 cm³/mol. The molecule has 0 saturated carbocycles. The lowest BCUT2D eigenvalue weighted by atomic mass is 10.3. The Hall–Kier alpha value is -3.21. The summed E-state index contributed by atoms with van der Waals surface area (Å²) in [6, 6.07) is 28.7. The third kappa shape index (κ3) is 3.16. The van der Waals surface area contributed by atoms with Crippen molar-refractivity contribution >= 4 is 40.4 Å². The number of benzene rings is 4. The van der Waals surface area contributed by atoms with Crippen molar-refractivity contribution in [3.8, 4) is 17.2 Å². The summed E-state index contributed by atoms with van der Waals surface area (Å²) >= 11 is 6.16. The van der Waals surface area contributed by atoms with Crippen LogP contribution in [0.15, 0.2) is 97.1 Å². The number of phenolic OH excluding ortho intramolecular Hbond substituents is 3. The minimum atomic E-state index is -3.27. The van der Waals surface area contributed by atoms with Crippen molar-refractivity contribution < 1.29 is 15.3 Å². The van der Waals surface area contributed by atoms with Crippen LogP contribution in [0.2, 0.25) is 5.02 Å². The van der Waals surface area contributed by atoms with E-state index in [1.807, 2.05) is 48.5 Å². The highest BCUT2D eigenvalue weighted by Crippen LogP contribution is 2.22. The topological polar surface area (TPSA) is 60.7 Å². The lowest BCUT2D eigenvalue weighted by Gasteiger charge is -2.35. The van der Waals surface area contributed by atoms with Crippen LogP contribution in [0.4, 0.5) is 0 Å². The molecule has 0 aliphatic heterocycles. The molecule has 4 aromatic rings. The molecule has 4 aromatic carbocycles. The van der Waals surface area contributed by atoms with Crippen LogP contribution in [-0.2, 0) is 0 Å². The van der Waals surface area contributed by atoms with Gasteiger partial charge in [0.15, 0.2) is 8.07 Å². The summed E-state index contributed by atoms with van der Waals surface area (Å²) in [6.07, 6.45) is 0. The summed E-state index contributed by atoms with van der Waals surface area (Å²) in [6.45, 7) is 0. The maximum Gasteiger partial charge on any atom is 0.192 e. The first-order valence-corrected chi connectivity index (χ1v) is 11.5. The Morgan fingerprint density at radius 1 is 0.483 bits per heavy atom. The fourth-order valence-corrected chi connectivity index (χ4v) is 9.01. The SMILES string of the molecule is Oc1ccccc1[Si](c1ccc(Cl)cc1)(c1ccccc1O)c1ccccc1O. The molecule has 0 aliphatic carbocycles. The molecule has 0 aliphatic rings. The van der Waals surface area contributed by atoms with Crippen molar-refractivity contribution in [1.82, 2.24) is 0 Å². The van der Waals surface area contributed by atoms with E-state index in [-0.39, 0.29) is 17.2 Å². The van der Waals surface area contributed by atoms with E-state index >= 15 is 0 Å². The van der Waals surface area contributed by atoms with Crippen molar-refractivity contribution in [3.05, 3.63) is 102 Å². The van der Waals surface area contributed by atoms with Gasteiger partial charge in [0.2, 0.25) is 0 Å². The molecule has 0 fully saturated rings. The Kier molecular flexibility index (Phi) is 5.05. The molecule has 0 spiro atoms. The van der Waals surface area contributed by atoms with Crippen molar-refractivity contribution in [2.45, 2.75) is 0 Å². The molecule has 0 atom stereocenters. The van der Waals surface area contributed by atoms with Gasteiger partial charge in [-0.15, -0.1) is 0 Å². The third-order valence-electron chi connectivity index (χ3n) is 5.20. The van der Waals surface area contributed by atoms with E-state index in [4.69, 9.17) is 11.6 Å². The van der Waals surface area contributed by atoms with Gasteiger partial charge in [0.25, 0.3) is 0 Å². The molecule has 3 nitrogen and oxygen atoms in total. The van der Waals surface area contributed by atoms with Crippen LogP contribution in [0.3, 0.4) is 0 Å². The highest BCUT2D eigenvalue weighted by atomic mass is 35.5. The van der Waals surface area contributed by atoms with Gasteiger partial charge in [0.05, 0.1) is 0 Å². The number of hydrogen-bond donors (Lipinski definition) is 3. The minimum Gasteiger partial charge on any atom is -0.508 e. The van der Waals surface area contributed by atoms with E-state index in [1.54, 1.807) is 48.5 Å². The first-order chi connectivity index (χ1) is 14.0. The molecular weight excluding hydrogens is 400 g/mol. The minimum absolute atomic E-state index is 0.112. The zero-order chi connectivity index (χ0) is 20.4. The number of phenols is 3. The number of rotatable bonds is 4. The largest absolute Gasteiger partial charge is 0.508 e. The van der Waals surface area contributed by atoms with Gasteiger partial charge in [0, 0.05) is 5.02 Å². The summed E-state index contributed by atoms with van der Waals surface area (Å²) in [5.74, 6) is 0.335. The van der Waals surface area contributed by atoms with Crippen LogP contribution in [0, 0.1) is 0 Å². The normalized spacial score (nSPS) is 11.3. The highest BCUT2D eigenvalue weighted by molar-refractivity contribution is 7.20. The molecule has 0 amide bonds. The molecule has 0 saturated heterocycles. The van der Waals surface area contributed by atoms with Crippen LogP contribution in [-0.4, -0.2) is 23.4 Å². The van der Waals surface area contributed by atoms with E-state index in [9.17, 15) is 15.3 Å². The summed E-state index contributed by atoms with van der Waals surface area (Å²) < 4.78 is 0.